The second kappa shape index (κ2) is 8.09. The van der Waals surface area contributed by atoms with Gasteiger partial charge >= 0.3 is 0 Å². The second-order valence-electron chi connectivity index (χ2n) is 6.39. The van der Waals surface area contributed by atoms with E-state index >= 15 is 0 Å². The van der Waals surface area contributed by atoms with Crippen LogP contribution >= 0.6 is 11.6 Å². The normalized spacial score (nSPS) is 14.7. The molecule has 27 heavy (non-hydrogen) atoms. The molecule has 0 bridgehead atoms. The highest BCUT2D eigenvalue weighted by atomic mass is 35.5. The molecule has 0 heterocycles. The molecule has 1 aliphatic rings. The molecule has 2 N–H and O–H groups in total. The monoisotopic (exact) mass is 403 g/mol. The van der Waals surface area contributed by atoms with Crippen LogP contribution in [0.2, 0.25) is 5.02 Å². The summed E-state index contributed by atoms with van der Waals surface area (Å²) in [5.41, 5.74) is 0.937. The predicted octanol–water partition coefficient (Wildman–Crippen LogP) is 3.68. The Labute approximate surface area is 163 Å². The third kappa shape index (κ3) is 4.66. The van der Waals surface area contributed by atoms with Crippen molar-refractivity contribution in [2.75, 3.05) is 5.32 Å². The molecule has 0 radical (unpaired) electrons. The van der Waals surface area contributed by atoms with Crippen LogP contribution in [-0.2, 0) is 10.0 Å². The minimum Gasteiger partial charge on any atom is -0.322 e. The lowest BCUT2D eigenvalue weighted by atomic mass is 10.2. The summed E-state index contributed by atoms with van der Waals surface area (Å²) in [4.78, 5) is 12.5. The maximum absolute atomic E-state index is 12.5. The van der Waals surface area contributed by atoms with Crippen molar-refractivity contribution in [3.05, 3.63) is 58.6 Å². The standard InChI is InChI=1S/C19H18ClN3O3S/c20-18-11-16(9-8-14(18)12-21)22-19(24)13-4-3-7-17(10-13)27(25,26)23-15-5-1-2-6-15/h3-4,7-11,15,23H,1-2,5-6H2,(H,22,24). The summed E-state index contributed by atoms with van der Waals surface area (Å²) in [6, 6.07) is 12.3. The number of nitrogens with one attached hydrogen (secondary N) is 2. The van der Waals surface area contributed by atoms with Crippen molar-refractivity contribution in [3.8, 4) is 6.07 Å². The predicted molar refractivity (Wildman–Crippen MR) is 103 cm³/mol. The first-order chi connectivity index (χ1) is 12.9. The van der Waals surface area contributed by atoms with E-state index in [1.165, 1.54) is 36.4 Å². The van der Waals surface area contributed by atoms with Gasteiger partial charge in [0.2, 0.25) is 10.0 Å². The van der Waals surface area contributed by atoms with E-state index in [4.69, 9.17) is 16.9 Å². The number of benzene rings is 2. The number of hydrogen-bond acceptors (Lipinski definition) is 4. The molecule has 0 aromatic heterocycles. The van der Waals surface area contributed by atoms with Crippen LogP contribution in [0.25, 0.3) is 0 Å². The van der Waals surface area contributed by atoms with Gasteiger partial charge in [0, 0.05) is 17.3 Å². The molecule has 1 saturated carbocycles. The Kier molecular flexibility index (Phi) is 5.80. The molecule has 8 heteroatoms. The SMILES string of the molecule is N#Cc1ccc(NC(=O)c2cccc(S(=O)(=O)NC3CCCC3)c2)cc1Cl. The maximum atomic E-state index is 12.5. The molecule has 1 fully saturated rings. The van der Waals surface area contributed by atoms with Crippen LogP contribution in [0.1, 0.15) is 41.6 Å². The van der Waals surface area contributed by atoms with E-state index in [2.05, 4.69) is 10.0 Å². The van der Waals surface area contributed by atoms with Gasteiger partial charge in [-0.15, -0.1) is 0 Å². The van der Waals surface area contributed by atoms with Gasteiger partial charge < -0.3 is 5.32 Å². The molecule has 2 aromatic rings. The van der Waals surface area contributed by atoms with E-state index in [-0.39, 0.29) is 21.5 Å². The van der Waals surface area contributed by atoms with Gasteiger partial charge in [0.1, 0.15) is 6.07 Å². The average molecular weight is 404 g/mol. The fraction of sp³-hybridized carbons (Fsp3) is 0.263. The zero-order valence-electron chi connectivity index (χ0n) is 14.4. The molecule has 3 rings (SSSR count). The number of carbonyl (C=O) groups is 1. The number of anilines is 1. The van der Waals surface area contributed by atoms with Crippen molar-refractivity contribution in [1.82, 2.24) is 4.72 Å². The number of sulfonamides is 1. The van der Waals surface area contributed by atoms with E-state index in [0.29, 0.717) is 11.3 Å². The number of rotatable bonds is 5. The third-order valence-electron chi connectivity index (χ3n) is 4.43. The quantitative estimate of drug-likeness (QED) is 0.795. The molecule has 1 aliphatic carbocycles. The van der Waals surface area contributed by atoms with E-state index in [9.17, 15) is 13.2 Å². The smallest absolute Gasteiger partial charge is 0.255 e. The first-order valence-electron chi connectivity index (χ1n) is 8.52. The van der Waals surface area contributed by atoms with Crippen molar-refractivity contribution in [2.45, 2.75) is 36.6 Å². The van der Waals surface area contributed by atoms with Gasteiger partial charge in [0.25, 0.3) is 5.91 Å². The number of carbonyl (C=O) groups excluding carboxylic acids is 1. The zero-order chi connectivity index (χ0) is 19.4. The van der Waals surface area contributed by atoms with E-state index in [0.717, 1.165) is 25.7 Å². The first kappa shape index (κ1) is 19.4. The topological polar surface area (TPSA) is 99.1 Å². The van der Waals surface area contributed by atoms with Crippen molar-refractivity contribution in [3.63, 3.8) is 0 Å². The molecule has 140 valence electrons. The Bertz CT molecular complexity index is 1010. The molecule has 2 aromatic carbocycles. The van der Waals surface area contributed by atoms with Gasteiger partial charge in [-0.25, -0.2) is 13.1 Å². The van der Waals surface area contributed by atoms with Crippen LogP contribution in [0.3, 0.4) is 0 Å². The lowest BCUT2D eigenvalue weighted by Crippen LogP contribution is -2.32. The van der Waals surface area contributed by atoms with E-state index in [1.807, 2.05) is 6.07 Å². The number of hydrogen-bond donors (Lipinski definition) is 2. The van der Waals surface area contributed by atoms with Crippen molar-refractivity contribution >= 4 is 33.2 Å². The average Bonchev–Trinajstić information content (AvgIpc) is 3.14. The zero-order valence-corrected chi connectivity index (χ0v) is 16.0. The maximum Gasteiger partial charge on any atom is 0.255 e. The first-order valence-corrected chi connectivity index (χ1v) is 10.4. The molecule has 0 aliphatic heterocycles. The summed E-state index contributed by atoms with van der Waals surface area (Å²) in [5, 5.41) is 11.8. The molecular formula is C19H18ClN3O3S. The summed E-state index contributed by atoms with van der Waals surface area (Å²) in [5.74, 6) is -0.464. The van der Waals surface area contributed by atoms with Gasteiger partial charge in [0.15, 0.2) is 0 Å². The summed E-state index contributed by atoms with van der Waals surface area (Å²) < 4.78 is 27.8. The Morgan fingerprint density at radius 1 is 1.15 bits per heavy atom. The molecule has 6 nitrogen and oxygen atoms in total. The van der Waals surface area contributed by atoms with Crippen LogP contribution in [-0.4, -0.2) is 20.4 Å². The van der Waals surface area contributed by atoms with Crippen LogP contribution < -0.4 is 10.0 Å². The Balaban J connectivity index is 1.77. The number of nitrogens with zero attached hydrogens (tertiary/aromatic N) is 1. The van der Waals surface area contributed by atoms with Gasteiger partial charge in [-0.1, -0.05) is 30.5 Å². The van der Waals surface area contributed by atoms with Crippen LogP contribution in [0.15, 0.2) is 47.4 Å². The van der Waals surface area contributed by atoms with Gasteiger partial charge in [-0.2, -0.15) is 5.26 Å². The molecule has 0 atom stereocenters. The van der Waals surface area contributed by atoms with Gasteiger partial charge in [0.05, 0.1) is 15.5 Å². The highest BCUT2D eigenvalue weighted by Crippen LogP contribution is 2.22. The molecule has 0 unspecified atom stereocenters. The lowest BCUT2D eigenvalue weighted by molar-refractivity contribution is 0.102. The molecule has 0 spiro atoms. The van der Waals surface area contributed by atoms with E-state index in [1.54, 1.807) is 6.07 Å². The minimum atomic E-state index is -3.68. The number of nitriles is 1. The fourth-order valence-corrected chi connectivity index (χ4v) is 4.60. The molecule has 0 saturated heterocycles. The van der Waals surface area contributed by atoms with E-state index < -0.39 is 15.9 Å². The number of amides is 1. The highest BCUT2D eigenvalue weighted by Gasteiger charge is 2.23. The fourth-order valence-electron chi connectivity index (χ4n) is 3.02. The third-order valence-corrected chi connectivity index (χ3v) is 6.26. The summed E-state index contributed by atoms with van der Waals surface area (Å²) in [6.45, 7) is 0. The summed E-state index contributed by atoms with van der Waals surface area (Å²) in [6.07, 6.45) is 3.70. The van der Waals surface area contributed by atoms with Crippen molar-refractivity contribution < 1.29 is 13.2 Å². The second-order valence-corrected chi connectivity index (χ2v) is 8.51. The highest BCUT2D eigenvalue weighted by molar-refractivity contribution is 7.89. The lowest BCUT2D eigenvalue weighted by Gasteiger charge is -2.13. The summed E-state index contributed by atoms with van der Waals surface area (Å²) in [7, 11) is -3.68. The Morgan fingerprint density at radius 3 is 2.56 bits per heavy atom. The van der Waals surface area contributed by atoms with Crippen molar-refractivity contribution in [1.29, 1.82) is 5.26 Å². The van der Waals surface area contributed by atoms with Crippen LogP contribution in [0, 0.1) is 11.3 Å². The van der Waals surface area contributed by atoms with Gasteiger partial charge in [-0.05, 0) is 49.2 Å². The number of halogens is 1. The van der Waals surface area contributed by atoms with Crippen molar-refractivity contribution in [2.24, 2.45) is 0 Å². The Hall–Kier alpha value is -2.40. The minimum absolute atomic E-state index is 0.0479. The Morgan fingerprint density at radius 2 is 1.89 bits per heavy atom. The largest absolute Gasteiger partial charge is 0.322 e. The molecular weight excluding hydrogens is 386 g/mol. The van der Waals surface area contributed by atoms with Crippen LogP contribution in [0.4, 0.5) is 5.69 Å². The van der Waals surface area contributed by atoms with Gasteiger partial charge in [-0.3, -0.25) is 4.79 Å². The summed E-state index contributed by atoms with van der Waals surface area (Å²) >= 11 is 5.96. The van der Waals surface area contributed by atoms with Crippen LogP contribution in [0.5, 0.6) is 0 Å². The molecule has 1 amide bonds.